The molecule has 1 N–H and O–H groups in total. The number of anilines is 2. The van der Waals surface area contributed by atoms with Crippen molar-refractivity contribution in [3.63, 3.8) is 0 Å². The average molecular weight is 385 g/mol. The highest BCUT2D eigenvalue weighted by Gasteiger charge is 2.39. The van der Waals surface area contributed by atoms with E-state index >= 15 is 0 Å². The van der Waals surface area contributed by atoms with Gasteiger partial charge in [-0.1, -0.05) is 24.3 Å². The van der Waals surface area contributed by atoms with Gasteiger partial charge in [0.25, 0.3) is 0 Å². The Labute approximate surface area is 153 Å². The maximum atomic E-state index is 12.5. The van der Waals surface area contributed by atoms with Gasteiger partial charge in [0.15, 0.2) is 0 Å². The molecule has 0 spiro atoms. The molecule has 4 rings (SSSR count). The second kappa shape index (κ2) is 6.22. The zero-order chi connectivity index (χ0) is 19.2. The number of rotatable bonds is 3. The summed E-state index contributed by atoms with van der Waals surface area (Å²) in [4.78, 5) is 24.6. The van der Waals surface area contributed by atoms with Crippen molar-refractivity contribution in [3.8, 4) is 0 Å². The van der Waals surface area contributed by atoms with Gasteiger partial charge in [-0.25, -0.2) is 8.42 Å². The molecule has 0 aliphatic carbocycles. The smallest absolute Gasteiger partial charge is 0.227 e. The number of sulfone groups is 1. The number of carbonyl (C=O) groups is 1. The molecule has 1 unspecified atom stereocenters. The molecule has 0 bridgehead atoms. The van der Waals surface area contributed by atoms with Crippen LogP contribution in [0.4, 0.5) is 11.4 Å². The third kappa shape index (κ3) is 2.77. The first-order valence-electron chi connectivity index (χ1n) is 7.99. The van der Waals surface area contributed by atoms with Crippen LogP contribution in [0.3, 0.4) is 0 Å². The molecule has 2 heterocycles. The largest absolute Gasteiger partial charge is 0.757 e. The fourth-order valence-corrected chi connectivity index (χ4v) is 4.77. The number of nitrogens with one attached hydrogen (secondary N) is 1. The van der Waals surface area contributed by atoms with Crippen molar-refractivity contribution in [2.45, 2.75) is 16.7 Å². The summed E-state index contributed by atoms with van der Waals surface area (Å²) in [5.41, 5.74) is -0.216. The first-order chi connectivity index (χ1) is 12.9. The summed E-state index contributed by atoms with van der Waals surface area (Å²) in [6.45, 7) is 0. The van der Waals surface area contributed by atoms with E-state index in [9.17, 15) is 23.2 Å². The van der Waals surface area contributed by atoms with E-state index in [2.05, 4.69) is 5.32 Å². The lowest BCUT2D eigenvalue weighted by Gasteiger charge is -2.31. The van der Waals surface area contributed by atoms with Crippen LogP contribution < -0.4 is 15.8 Å². The van der Waals surface area contributed by atoms with Gasteiger partial charge in [-0.05, 0) is 24.3 Å². The van der Waals surface area contributed by atoms with Crippen LogP contribution in [0.25, 0.3) is 11.0 Å². The van der Waals surface area contributed by atoms with Crippen molar-refractivity contribution in [2.24, 2.45) is 0 Å². The fraction of sp³-hybridized carbons (Fsp3) is 0.111. The van der Waals surface area contributed by atoms with Gasteiger partial charge in [0.1, 0.15) is 22.9 Å². The summed E-state index contributed by atoms with van der Waals surface area (Å²) in [5.74, 6) is -0.778. The molecule has 0 fully saturated rings. The van der Waals surface area contributed by atoms with Crippen LogP contribution in [0.15, 0.2) is 68.9 Å². The predicted octanol–water partition coefficient (Wildman–Crippen LogP) is 2.24. The highest BCUT2D eigenvalue weighted by molar-refractivity contribution is 7.92. The molecule has 1 aromatic heterocycles. The number of para-hydroxylation sites is 2. The molecule has 3 aromatic rings. The van der Waals surface area contributed by atoms with E-state index in [0.29, 0.717) is 10.6 Å². The van der Waals surface area contributed by atoms with E-state index in [-0.39, 0.29) is 21.7 Å². The number of benzene rings is 2. The van der Waals surface area contributed by atoms with Crippen LogP contribution in [0.1, 0.15) is 6.42 Å². The minimum absolute atomic E-state index is 0.000481. The summed E-state index contributed by atoms with van der Waals surface area (Å²) in [5, 5.41) is 13.7. The number of amides is 1. The van der Waals surface area contributed by atoms with Gasteiger partial charge < -0.3 is 20.0 Å². The Hall–Kier alpha value is -3.17. The van der Waals surface area contributed by atoms with E-state index in [4.69, 9.17) is 4.42 Å². The van der Waals surface area contributed by atoms with Gasteiger partial charge in [-0.3, -0.25) is 9.59 Å². The maximum absolute atomic E-state index is 12.5. The van der Waals surface area contributed by atoms with Crippen molar-refractivity contribution < 1.29 is 17.6 Å². The summed E-state index contributed by atoms with van der Waals surface area (Å²) in [6.07, 6.45) is 0.474. The number of carbonyl (C=O) groups excluding carboxylic acids is 1. The van der Waals surface area contributed by atoms with Crippen LogP contribution in [0, 0.1) is 5.21 Å². The third-order valence-corrected chi connectivity index (χ3v) is 6.38. The Morgan fingerprint density at radius 1 is 1.15 bits per heavy atom. The third-order valence-electron chi connectivity index (χ3n) is 4.34. The number of hydroxylamine groups is 1. The van der Waals surface area contributed by atoms with E-state index < -0.39 is 33.0 Å². The lowest BCUT2D eigenvalue weighted by atomic mass is 10.2. The summed E-state index contributed by atoms with van der Waals surface area (Å²) < 4.78 is 30.3. The van der Waals surface area contributed by atoms with Gasteiger partial charge in [0.2, 0.25) is 21.2 Å². The van der Waals surface area contributed by atoms with Crippen molar-refractivity contribution in [3.05, 3.63) is 70.2 Å². The number of hydrogen-bond acceptors (Lipinski definition) is 7. The lowest BCUT2D eigenvalue weighted by Crippen LogP contribution is -2.35. The molecule has 0 saturated heterocycles. The average Bonchev–Trinajstić information content (AvgIpc) is 2.85. The molecule has 8 nitrogen and oxygen atoms in total. The van der Waals surface area contributed by atoms with Crippen molar-refractivity contribution >= 4 is 38.1 Å². The molecule has 138 valence electrons. The maximum Gasteiger partial charge on any atom is 0.227 e. The quantitative estimate of drug-likeness (QED) is 0.734. The van der Waals surface area contributed by atoms with E-state index in [1.165, 1.54) is 18.2 Å². The molecule has 27 heavy (non-hydrogen) atoms. The Bertz CT molecular complexity index is 1220. The van der Waals surface area contributed by atoms with Crippen LogP contribution in [0.2, 0.25) is 0 Å². The first kappa shape index (κ1) is 17.3. The molecule has 1 atom stereocenters. The van der Waals surface area contributed by atoms with E-state index in [0.717, 1.165) is 6.26 Å². The number of nitrogens with zero attached hydrogens (tertiary/aromatic N) is 1. The second-order valence-corrected chi connectivity index (χ2v) is 8.09. The normalized spacial score (nSPS) is 17.7. The van der Waals surface area contributed by atoms with Crippen molar-refractivity contribution in [1.82, 2.24) is 0 Å². The monoisotopic (exact) mass is 385 g/mol. The molecule has 0 radical (unpaired) electrons. The van der Waals surface area contributed by atoms with Crippen LogP contribution >= 0.6 is 0 Å². The highest BCUT2D eigenvalue weighted by Crippen LogP contribution is 2.38. The van der Waals surface area contributed by atoms with E-state index in [1.807, 2.05) is 0 Å². The molecular formula is C18H13N2O6S-. The van der Waals surface area contributed by atoms with Gasteiger partial charge in [0.05, 0.1) is 16.7 Å². The second-order valence-electron chi connectivity index (χ2n) is 6.02. The molecule has 1 amide bonds. The zero-order valence-corrected chi connectivity index (χ0v) is 14.6. The minimum atomic E-state index is -3.98. The Morgan fingerprint density at radius 2 is 1.85 bits per heavy atom. The number of fused-ring (bicyclic) bond motifs is 2. The molecule has 1 aliphatic heterocycles. The van der Waals surface area contributed by atoms with Crippen LogP contribution in [-0.4, -0.2) is 19.7 Å². The fourth-order valence-electron chi connectivity index (χ4n) is 3.02. The summed E-state index contributed by atoms with van der Waals surface area (Å²) >= 11 is 0. The van der Waals surface area contributed by atoms with Gasteiger partial charge in [0, 0.05) is 5.69 Å². The highest BCUT2D eigenvalue weighted by atomic mass is 32.2. The van der Waals surface area contributed by atoms with Crippen molar-refractivity contribution in [2.75, 3.05) is 10.4 Å². The van der Waals surface area contributed by atoms with Gasteiger partial charge >= 0.3 is 0 Å². The van der Waals surface area contributed by atoms with Crippen LogP contribution in [0.5, 0.6) is 0 Å². The van der Waals surface area contributed by atoms with Gasteiger partial charge in [-0.15, -0.1) is 0 Å². The Kier molecular flexibility index (Phi) is 3.97. The summed E-state index contributed by atoms with van der Waals surface area (Å²) in [6, 6.07) is 12.3. The summed E-state index contributed by atoms with van der Waals surface area (Å²) in [7, 11) is -3.98. The standard InChI is InChI=1S/C18H13N2O6S/c21-16(19-12-10-26-14-7-3-1-5-11(14)18(12)22)9-17-20(23)13-6-2-4-8-15(13)27(17,24)25/h1-8,10,17H,9H2,(H,19,21)/q-1. The zero-order valence-electron chi connectivity index (χ0n) is 13.8. The van der Waals surface area contributed by atoms with Gasteiger partial charge in [-0.2, -0.15) is 0 Å². The Morgan fingerprint density at radius 3 is 2.63 bits per heavy atom. The van der Waals surface area contributed by atoms with E-state index in [1.54, 1.807) is 30.3 Å². The molecule has 9 heteroatoms. The Balaban J connectivity index is 1.59. The predicted molar refractivity (Wildman–Crippen MR) is 99.0 cm³/mol. The molecule has 1 aliphatic rings. The number of hydrogen-bond donors (Lipinski definition) is 1. The first-order valence-corrected chi connectivity index (χ1v) is 9.54. The SMILES string of the molecule is O=C(CC1N([O-])c2ccccc2S1(=O)=O)Nc1coc2ccccc2c1=O. The minimum Gasteiger partial charge on any atom is -0.757 e. The van der Waals surface area contributed by atoms with Crippen molar-refractivity contribution in [1.29, 1.82) is 0 Å². The van der Waals surface area contributed by atoms with Crippen LogP contribution in [-0.2, 0) is 14.6 Å². The lowest BCUT2D eigenvalue weighted by molar-refractivity contribution is -0.116. The topological polar surface area (TPSA) is 120 Å². The molecule has 2 aromatic carbocycles. The molecule has 0 saturated carbocycles. The molecular weight excluding hydrogens is 372 g/mol.